The van der Waals surface area contributed by atoms with Crippen molar-refractivity contribution < 1.29 is 9.53 Å². The summed E-state index contributed by atoms with van der Waals surface area (Å²) in [6, 6.07) is 9.60. The fourth-order valence-corrected chi connectivity index (χ4v) is 2.59. The standard InChI is InChI=1S/C14H12N4O2S/c1-20-14(19)17-12-8-16-11-6-5-10(9-18(11)12)21-13-4-2-3-7-15-13/h2-9H,1H3,(H,17,19). The van der Waals surface area contributed by atoms with E-state index < -0.39 is 6.09 Å². The minimum Gasteiger partial charge on any atom is -0.453 e. The molecule has 0 atom stereocenters. The summed E-state index contributed by atoms with van der Waals surface area (Å²) in [4.78, 5) is 20.8. The van der Waals surface area contributed by atoms with Crippen molar-refractivity contribution in [3.05, 3.63) is 48.9 Å². The molecule has 0 unspecified atom stereocenters. The number of carbonyl (C=O) groups is 1. The van der Waals surface area contributed by atoms with Gasteiger partial charge >= 0.3 is 6.09 Å². The van der Waals surface area contributed by atoms with E-state index in [0.29, 0.717) is 5.82 Å². The summed E-state index contributed by atoms with van der Waals surface area (Å²) in [5.74, 6) is 0.556. The van der Waals surface area contributed by atoms with Gasteiger partial charge < -0.3 is 4.74 Å². The molecule has 0 radical (unpaired) electrons. The maximum Gasteiger partial charge on any atom is 0.412 e. The van der Waals surface area contributed by atoms with Gasteiger partial charge in [-0.05, 0) is 24.3 Å². The first-order valence-corrected chi connectivity index (χ1v) is 6.99. The van der Waals surface area contributed by atoms with E-state index in [1.165, 1.54) is 18.9 Å². The lowest BCUT2D eigenvalue weighted by Crippen LogP contribution is -2.12. The number of ether oxygens (including phenoxy) is 1. The summed E-state index contributed by atoms with van der Waals surface area (Å²) < 4.78 is 6.39. The van der Waals surface area contributed by atoms with Crippen LogP contribution in [0.5, 0.6) is 0 Å². The number of nitrogens with zero attached hydrogens (tertiary/aromatic N) is 3. The third-order valence-corrected chi connectivity index (χ3v) is 3.68. The number of pyridine rings is 2. The minimum absolute atomic E-state index is 0.528. The van der Waals surface area contributed by atoms with Crippen LogP contribution in [0, 0.1) is 0 Å². The monoisotopic (exact) mass is 300 g/mol. The summed E-state index contributed by atoms with van der Waals surface area (Å²) in [6.07, 6.45) is 4.70. The number of hydrogen-bond donors (Lipinski definition) is 1. The van der Waals surface area contributed by atoms with Crippen LogP contribution in [0.25, 0.3) is 5.65 Å². The Morgan fingerprint density at radius 1 is 1.29 bits per heavy atom. The average Bonchev–Trinajstić information content (AvgIpc) is 2.91. The second kappa shape index (κ2) is 5.84. The van der Waals surface area contributed by atoms with Gasteiger partial charge in [0.05, 0.1) is 13.3 Å². The van der Waals surface area contributed by atoms with Crippen LogP contribution in [0.3, 0.4) is 0 Å². The number of anilines is 1. The van der Waals surface area contributed by atoms with Crippen molar-refractivity contribution in [1.29, 1.82) is 0 Å². The van der Waals surface area contributed by atoms with E-state index in [2.05, 4.69) is 20.0 Å². The van der Waals surface area contributed by atoms with Gasteiger partial charge in [-0.15, -0.1) is 0 Å². The molecule has 0 aliphatic heterocycles. The van der Waals surface area contributed by atoms with Crippen LogP contribution in [0.15, 0.2) is 58.8 Å². The van der Waals surface area contributed by atoms with E-state index in [9.17, 15) is 4.79 Å². The van der Waals surface area contributed by atoms with E-state index in [4.69, 9.17) is 0 Å². The van der Waals surface area contributed by atoms with Crippen LogP contribution < -0.4 is 5.32 Å². The Labute approximate surface area is 125 Å². The van der Waals surface area contributed by atoms with Crippen LogP contribution in [0.4, 0.5) is 10.6 Å². The fourth-order valence-electron chi connectivity index (χ4n) is 1.80. The van der Waals surface area contributed by atoms with Crippen LogP contribution in [-0.2, 0) is 4.74 Å². The highest BCUT2D eigenvalue weighted by atomic mass is 32.2. The lowest BCUT2D eigenvalue weighted by atomic mass is 10.5. The van der Waals surface area contributed by atoms with Crippen molar-refractivity contribution in [3.8, 4) is 0 Å². The molecule has 3 aromatic heterocycles. The molecular weight excluding hydrogens is 288 g/mol. The Balaban J connectivity index is 1.91. The number of hydrogen-bond acceptors (Lipinski definition) is 5. The average molecular weight is 300 g/mol. The summed E-state index contributed by atoms with van der Waals surface area (Å²) >= 11 is 1.54. The largest absolute Gasteiger partial charge is 0.453 e. The summed E-state index contributed by atoms with van der Waals surface area (Å²) in [5, 5.41) is 3.52. The van der Waals surface area contributed by atoms with Crippen molar-refractivity contribution in [1.82, 2.24) is 14.4 Å². The van der Waals surface area contributed by atoms with Gasteiger partial charge in [-0.25, -0.2) is 14.8 Å². The number of carbonyl (C=O) groups excluding carboxylic acids is 1. The normalized spacial score (nSPS) is 10.5. The molecule has 0 aliphatic carbocycles. The molecule has 0 saturated carbocycles. The molecule has 21 heavy (non-hydrogen) atoms. The zero-order valence-corrected chi connectivity index (χ0v) is 12.0. The highest BCUT2D eigenvalue weighted by Gasteiger charge is 2.08. The van der Waals surface area contributed by atoms with Crippen molar-refractivity contribution in [2.75, 3.05) is 12.4 Å². The van der Waals surface area contributed by atoms with Crippen molar-refractivity contribution in [3.63, 3.8) is 0 Å². The van der Waals surface area contributed by atoms with Crippen LogP contribution in [0.1, 0.15) is 0 Å². The molecule has 0 fully saturated rings. The smallest absolute Gasteiger partial charge is 0.412 e. The van der Waals surface area contributed by atoms with E-state index in [-0.39, 0.29) is 0 Å². The molecule has 0 saturated heterocycles. The molecule has 0 spiro atoms. The number of aromatic nitrogens is 3. The van der Waals surface area contributed by atoms with E-state index >= 15 is 0 Å². The molecule has 1 amide bonds. The van der Waals surface area contributed by atoms with Gasteiger partial charge in [0, 0.05) is 17.3 Å². The Morgan fingerprint density at radius 3 is 2.95 bits per heavy atom. The molecule has 0 aromatic carbocycles. The van der Waals surface area contributed by atoms with E-state index in [1.807, 2.05) is 36.5 Å². The number of fused-ring (bicyclic) bond motifs is 1. The maximum atomic E-state index is 11.3. The Hall–Kier alpha value is -2.54. The minimum atomic E-state index is -0.528. The van der Waals surface area contributed by atoms with E-state index in [1.54, 1.807) is 16.8 Å². The molecule has 3 heterocycles. The molecule has 0 bridgehead atoms. The van der Waals surface area contributed by atoms with Crippen LogP contribution in [-0.4, -0.2) is 27.6 Å². The van der Waals surface area contributed by atoms with Gasteiger partial charge in [-0.2, -0.15) is 0 Å². The third-order valence-electron chi connectivity index (χ3n) is 2.75. The Bertz CT molecular complexity index is 773. The van der Waals surface area contributed by atoms with Gasteiger partial charge in [0.1, 0.15) is 16.5 Å². The lowest BCUT2D eigenvalue weighted by molar-refractivity contribution is 0.187. The molecule has 6 nitrogen and oxygen atoms in total. The first-order chi connectivity index (χ1) is 10.3. The van der Waals surface area contributed by atoms with Crippen LogP contribution >= 0.6 is 11.8 Å². The highest BCUT2D eigenvalue weighted by Crippen LogP contribution is 2.26. The summed E-state index contributed by atoms with van der Waals surface area (Å²) in [7, 11) is 1.32. The van der Waals surface area contributed by atoms with Gasteiger partial charge in [-0.3, -0.25) is 9.72 Å². The molecule has 0 aliphatic rings. The quantitative estimate of drug-likeness (QED) is 0.805. The number of amides is 1. The topological polar surface area (TPSA) is 68.5 Å². The van der Waals surface area contributed by atoms with E-state index in [0.717, 1.165) is 15.6 Å². The predicted molar refractivity (Wildman–Crippen MR) is 79.6 cm³/mol. The van der Waals surface area contributed by atoms with Crippen LogP contribution in [0.2, 0.25) is 0 Å². The van der Waals surface area contributed by atoms with Gasteiger partial charge in [0.2, 0.25) is 0 Å². The summed E-state index contributed by atoms with van der Waals surface area (Å²) in [6.45, 7) is 0. The van der Waals surface area contributed by atoms with Gasteiger partial charge in [-0.1, -0.05) is 17.8 Å². The second-order valence-corrected chi connectivity index (χ2v) is 5.22. The SMILES string of the molecule is COC(=O)Nc1cnc2ccc(Sc3ccccn3)cn12. The number of methoxy groups -OCH3 is 1. The molecular formula is C14H12N4O2S. The second-order valence-electron chi connectivity index (χ2n) is 4.12. The first-order valence-electron chi connectivity index (χ1n) is 6.17. The molecule has 7 heteroatoms. The lowest BCUT2D eigenvalue weighted by Gasteiger charge is -2.05. The Kier molecular flexibility index (Phi) is 3.74. The fraction of sp³-hybridized carbons (Fsp3) is 0.0714. The van der Waals surface area contributed by atoms with Gasteiger partial charge in [0.15, 0.2) is 0 Å². The maximum absolute atomic E-state index is 11.3. The molecule has 106 valence electrons. The number of imidazole rings is 1. The predicted octanol–water partition coefficient (Wildman–Crippen LogP) is 3.06. The zero-order valence-electron chi connectivity index (χ0n) is 11.2. The Morgan fingerprint density at radius 2 is 2.19 bits per heavy atom. The number of rotatable bonds is 3. The van der Waals surface area contributed by atoms with Gasteiger partial charge in [0.25, 0.3) is 0 Å². The molecule has 1 N–H and O–H groups in total. The van der Waals surface area contributed by atoms with Crippen molar-refractivity contribution in [2.45, 2.75) is 9.92 Å². The third kappa shape index (κ3) is 2.97. The van der Waals surface area contributed by atoms with Crippen molar-refractivity contribution >= 4 is 29.3 Å². The summed E-state index contributed by atoms with van der Waals surface area (Å²) in [5.41, 5.74) is 0.742. The molecule has 3 aromatic rings. The highest BCUT2D eigenvalue weighted by molar-refractivity contribution is 7.99. The molecule has 3 rings (SSSR count). The van der Waals surface area contributed by atoms with Crippen molar-refractivity contribution in [2.24, 2.45) is 0 Å². The first kappa shape index (κ1) is 13.4. The number of nitrogens with one attached hydrogen (secondary N) is 1. The zero-order chi connectivity index (χ0) is 14.7.